The van der Waals surface area contributed by atoms with Crippen LogP contribution in [0.1, 0.15) is 27.2 Å². The molecule has 0 atom stereocenters. The molecule has 4 aromatic heterocycles. The van der Waals surface area contributed by atoms with Gasteiger partial charge < -0.3 is 14.8 Å². The molecule has 15 nitrogen and oxygen atoms in total. The summed E-state index contributed by atoms with van der Waals surface area (Å²) < 4.78 is 39.7. The van der Waals surface area contributed by atoms with Crippen LogP contribution in [0.3, 0.4) is 0 Å². The molecule has 1 aliphatic rings. The predicted molar refractivity (Wildman–Crippen MR) is 161 cm³/mol. The highest BCUT2D eigenvalue weighted by Gasteiger charge is 2.17. The second-order valence-corrected chi connectivity index (χ2v) is 12.7. The van der Waals surface area contributed by atoms with Crippen molar-refractivity contribution in [1.82, 2.24) is 34.6 Å². The number of carbonyl (C=O) groups excluding carboxylic acids is 1. The van der Waals surface area contributed by atoms with E-state index in [9.17, 15) is 13.2 Å². The molecule has 0 aromatic carbocycles. The zero-order valence-corrected chi connectivity index (χ0v) is 25.0. The molecular weight excluding hydrogens is 576 g/mol. The fourth-order valence-electron chi connectivity index (χ4n) is 4.22. The average molecular weight is 611 g/mol. The lowest BCUT2D eigenvalue weighted by atomic mass is 10.2. The van der Waals surface area contributed by atoms with Crippen molar-refractivity contribution in [2.24, 2.45) is 0 Å². The standard InChI is InChI=1S/C27H34N10O5S/c1-27(2,3)42-26(38)33-21-6-8-23(29-18-21)37-24-19(16-31-37)15-30-25(34-24)32-20-5-7-22(28-17-20)35-43(39,40)14-4-9-36-10-12-41-13-11-36/h5-8,15-18H,4,9-14H2,1-3H3,(H,28,35)(H,33,38)(H,30,32,34). The van der Waals surface area contributed by atoms with Crippen LogP contribution in [-0.4, -0.2) is 93.3 Å². The smallest absolute Gasteiger partial charge is 0.412 e. The van der Waals surface area contributed by atoms with E-state index in [0.29, 0.717) is 54.4 Å². The van der Waals surface area contributed by atoms with E-state index in [4.69, 9.17) is 9.47 Å². The molecule has 4 aromatic rings. The molecule has 0 spiro atoms. The summed E-state index contributed by atoms with van der Waals surface area (Å²) in [6.45, 7) is 9.06. The maximum absolute atomic E-state index is 12.5. The van der Waals surface area contributed by atoms with Gasteiger partial charge in [0.1, 0.15) is 11.4 Å². The Balaban J connectivity index is 1.19. The number of ether oxygens (including phenoxy) is 2. The average Bonchev–Trinajstić information content (AvgIpc) is 3.37. The van der Waals surface area contributed by atoms with E-state index in [2.05, 4.69) is 45.3 Å². The van der Waals surface area contributed by atoms with Crippen LogP contribution in [0.4, 0.5) is 27.9 Å². The molecule has 0 saturated carbocycles. The van der Waals surface area contributed by atoms with Gasteiger partial charge in [-0.3, -0.25) is 14.9 Å². The van der Waals surface area contributed by atoms with Crippen molar-refractivity contribution in [3.8, 4) is 5.82 Å². The number of morpholine rings is 1. The molecule has 1 amide bonds. The highest BCUT2D eigenvalue weighted by Crippen LogP contribution is 2.20. The second-order valence-electron chi connectivity index (χ2n) is 10.8. The Bertz CT molecular complexity index is 1650. The predicted octanol–water partition coefficient (Wildman–Crippen LogP) is 3.16. The molecule has 0 unspecified atom stereocenters. The van der Waals surface area contributed by atoms with Gasteiger partial charge in [-0.25, -0.2) is 28.2 Å². The van der Waals surface area contributed by atoms with Crippen molar-refractivity contribution >= 4 is 50.3 Å². The maximum Gasteiger partial charge on any atom is 0.412 e. The number of rotatable bonds is 10. The Kier molecular flexibility index (Phi) is 8.98. The van der Waals surface area contributed by atoms with Crippen molar-refractivity contribution in [3.05, 3.63) is 49.1 Å². The number of hydrogen-bond acceptors (Lipinski definition) is 12. The van der Waals surface area contributed by atoms with Gasteiger partial charge in [-0.05, 0) is 58.0 Å². The molecule has 16 heteroatoms. The molecule has 228 valence electrons. The van der Waals surface area contributed by atoms with Crippen LogP contribution in [0.5, 0.6) is 0 Å². The monoisotopic (exact) mass is 610 g/mol. The zero-order valence-electron chi connectivity index (χ0n) is 24.1. The number of carbonyl (C=O) groups is 1. The topological polar surface area (TPSA) is 178 Å². The number of amides is 1. The Labute approximate surface area is 249 Å². The van der Waals surface area contributed by atoms with E-state index in [1.165, 1.54) is 12.4 Å². The Hall–Kier alpha value is -4.41. The first-order valence-corrected chi connectivity index (χ1v) is 15.4. The van der Waals surface area contributed by atoms with Crippen molar-refractivity contribution < 1.29 is 22.7 Å². The molecule has 0 aliphatic carbocycles. The molecule has 1 aliphatic heterocycles. The van der Waals surface area contributed by atoms with Crippen molar-refractivity contribution in [2.75, 3.05) is 54.0 Å². The summed E-state index contributed by atoms with van der Waals surface area (Å²) in [5.41, 5.74) is 0.928. The highest BCUT2D eigenvalue weighted by atomic mass is 32.2. The lowest BCUT2D eigenvalue weighted by Crippen LogP contribution is -2.37. The molecule has 5 heterocycles. The van der Waals surface area contributed by atoms with Crippen LogP contribution >= 0.6 is 0 Å². The SMILES string of the molecule is CC(C)(C)OC(=O)Nc1ccc(-n2ncc3cnc(Nc4ccc(NS(=O)(=O)CCCN5CCOCC5)nc4)nc32)nc1. The normalized spacial score (nSPS) is 14.4. The van der Waals surface area contributed by atoms with Crippen LogP contribution < -0.4 is 15.4 Å². The van der Waals surface area contributed by atoms with E-state index in [0.717, 1.165) is 13.1 Å². The quantitative estimate of drug-likeness (QED) is 0.239. The third kappa shape index (κ3) is 8.56. The molecule has 43 heavy (non-hydrogen) atoms. The summed E-state index contributed by atoms with van der Waals surface area (Å²) in [5, 5.41) is 10.8. The first-order valence-electron chi connectivity index (χ1n) is 13.7. The van der Waals surface area contributed by atoms with Crippen LogP contribution in [-0.2, 0) is 19.5 Å². The van der Waals surface area contributed by atoms with Gasteiger partial charge in [0, 0.05) is 19.3 Å². The third-order valence-electron chi connectivity index (χ3n) is 6.19. The molecular formula is C27H34N10O5S. The van der Waals surface area contributed by atoms with Gasteiger partial charge in [-0.1, -0.05) is 0 Å². The van der Waals surface area contributed by atoms with Crippen LogP contribution in [0.15, 0.2) is 49.1 Å². The molecule has 1 saturated heterocycles. The number of pyridine rings is 2. The number of hydrogen-bond donors (Lipinski definition) is 3. The number of nitrogens with one attached hydrogen (secondary N) is 3. The number of aromatic nitrogens is 6. The summed E-state index contributed by atoms with van der Waals surface area (Å²) in [6.07, 6.45) is 6.19. The van der Waals surface area contributed by atoms with E-state index >= 15 is 0 Å². The van der Waals surface area contributed by atoms with Gasteiger partial charge >= 0.3 is 6.09 Å². The van der Waals surface area contributed by atoms with Crippen molar-refractivity contribution in [3.63, 3.8) is 0 Å². The summed E-state index contributed by atoms with van der Waals surface area (Å²) in [7, 11) is -3.53. The lowest BCUT2D eigenvalue weighted by Gasteiger charge is -2.26. The summed E-state index contributed by atoms with van der Waals surface area (Å²) in [6, 6.07) is 6.63. The van der Waals surface area contributed by atoms with Gasteiger partial charge in [-0.15, -0.1) is 0 Å². The summed E-state index contributed by atoms with van der Waals surface area (Å²) in [4.78, 5) is 31.7. The molecule has 5 rings (SSSR count). The maximum atomic E-state index is 12.5. The van der Waals surface area contributed by atoms with Crippen LogP contribution in [0.2, 0.25) is 0 Å². The minimum Gasteiger partial charge on any atom is -0.444 e. The molecule has 0 radical (unpaired) electrons. The summed E-state index contributed by atoms with van der Waals surface area (Å²) >= 11 is 0. The van der Waals surface area contributed by atoms with E-state index in [-0.39, 0.29) is 17.5 Å². The fourth-order valence-corrected chi connectivity index (χ4v) is 5.27. The number of anilines is 4. The molecule has 1 fully saturated rings. The van der Waals surface area contributed by atoms with E-state index in [1.54, 1.807) is 62.1 Å². The second kappa shape index (κ2) is 12.8. The Morgan fingerprint density at radius 1 is 1.00 bits per heavy atom. The summed E-state index contributed by atoms with van der Waals surface area (Å²) in [5.74, 6) is 1.00. The highest BCUT2D eigenvalue weighted by molar-refractivity contribution is 7.92. The van der Waals surface area contributed by atoms with Gasteiger partial charge in [-0.2, -0.15) is 14.8 Å². The molecule has 0 bridgehead atoms. The minimum atomic E-state index is -3.53. The van der Waals surface area contributed by atoms with Crippen molar-refractivity contribution in [1.29, 1.82) is 0 Å². The first kappa shape index (κ1) is 30.1. The minimum absolute atomic E-state index is 0.00537. The van der Waals surface area contributed by atoms with Crippen molar-refractivity contribution in [2.45, 2.75) is 32.8 Å². The molecule has 3 N–H and O–H groups in total. The Morgan fingerprint density at radius 2 is 1.77 bits per heavy atom. The fraction of sp³-hybridized carbons (Fsp3) is 0.407. The van der Waals surface area contributed by atoms with Gasteiger partial charge in [0.05, 0.1) is 54.3 Å². The van der Waals surface area contributed by atoms with Gasteiger partial charge in [0.25, 0.3) is 0 Å². The van der Waals surface area contributed by atoms with Crippen LogP contribution in [0, 0.1) is 0 Å². The Morgan fingerprint density at radius 3 is 2.47 bits per heavy atom. The number of sulfonamides is 1. The van der Waals surface area contributed by atoms with Gasteiger partial charge in [0.15, 0.2) is 11.5 Å². The van der Waals surface area contributed by atoms with Gasteiger partial charge in [0.2, 0.25) is 16.0 Å². The van der Waals surface area contributed by atoms with E-state index < -0.39 is 21.7 Å². The zero-order chi connectivity index (χ0) is 30.5. The van der Waals surface area contributed by atoms with Crippen LogP contribution in [0.25, 0.3) is 16.9 Å². The number of fused-ring (bicyclic) bond motifs is 1. The lowest BCUT2D eigenvalue weighted by molar-refractivity contribution is 0.0381. The largest absolute Gasteiger partial charge is 0.444 e. The number of nitrogens with zero attached hydrogens (tertiary/aromatic N) is 7. The third-order valence-corrected chi connectivity index (χ3v) is 7.54. The first-order chi connectivity index (χ1) is 20.5. The van der Waals surface area contributed by atoms with E-state index in [1.807, 2.05) is 0 Å².